The van der Waals surface area contributed by atoms with E-state index in [0.29, 0.717) is 5.69 Å². The zero-order chi connectivity index (χ0) is 20.4. The largest absolute Gasteiger partial charge is 0.383 e. The summed E-state index contributed by atoms with van der Waals surface area (Å²) < 4.78 is 59.9. The van der Waals surface area contributed by atoms with Crippen molar-refractivity contribution in [1.82, 2.24) is 4.72 Å². The van der Waals surface area contributed by atoms with Gasteiger partial charge in [-0.3, -0.25) is 4.72 Å². The number of ether oxygens (including phenoxy) is 1. The van der Waals surface area contributed by atoms with Crippen molar-refractivity contribution in [3.63, 3.8) is 0 Å². The summed E-state index contributed by atoms with van der Waals surface area (Å²) >= 11 is 0. The molecule has 0 bridgehead atoms. The standard InChI is InChI=1S/C19H24N2O5S2/c1-14(13-26-2)20-27(22,23)18-10-7-17(8-11-18)21-28(24,25)19-9-6-15-4-3-5-16(15)12-19/h6-12,14,20-21H,3-5,13H2,1-2H3. The van der Waals surface area contributed by atoms with Gasteiger partial charge in [0, 0.05) is 18.8 Å². The van der Waals surface area contributed by atoms with E-state index in [1.54, 1.807) is 19.1 Å². The Morgan fingerprint density at radius 2 is 1.57 bits per heavy atom. The van der Waals surface area contributed by atoms with Crippen LogP contribution < -0.4 is 9.44 Å². The van der Waals surface area contributed by atoms with E-state index in [4.69, 9.17) is 4.74 Å². The summed E-state index contributed by atoms with van der Waals surface area (Å²) in [5.74, 6) is 0. The Morgan fingerprint density at radius 1 is 0.929 bits per heavy atom. The second kappa shape index (κ2) is 8.20. The molecule has 0 saturated heterocycles. The summed E-state index contributed by atoms with van der Waals surface area (Å²) in [5, 5.41) is 0. The first-order chi connectivity index (χ1) is 13.2. The fourth-order valence-corrected chi connectivity index (χ4v) is 5.59. The molecular formula is C19H24N2O5S2. The van der Waals surface area contributed by atoms with Crippen molar-refractivity contribution in [2.45, 2.75) is 42.0 Å². The van der Waals surface area contributed by atoms with E-state index in [9.17, 15) is 16.8 Å². The van der Waals surface area contributed by atoms with Crippen molar-refractivity contribution >= 4 is 25.7 Å². The first-order valence-electron chi connectivity index (χ1n) is 8.97. The van der Waals surface area contributed by atoms with Crippen LogP contribution in [0.4, 0.5) is 5.69 Å². The number of aryl methyl sites for hydroxylation is 2. The minimum Gasteiger partial charge on any atom is -0.383 e. The first kappa shape index (κ1) is 20.8. The van der Waals surface area contributed by atoms with Gasteiger partial charge in [0.25, 0.3) is 10.0 Å². The van der Waals surface area contributed by atoms with Gasteiger partial charge in [0.15, 0.2) is 0 Å². The maximum absolute atomic E-state index is 12.6. The molecule has 1 atom stereocenters. The zero-order valence-corrected chi connectivity index (χ0v) is 17.4. The van der Waals surface area contributed by atoms with Crippen LogP contribution in [-0.4, -0.2) is 36.6 Å². The number of sulfonamides is 2. The van der Waals surface area contributed by atoms with Gasteiger partial charge < -0.3 is 4.74 Å². The van der Waals surface area contributed by atoms with E-state index in [2.05, 4.69) is 9.44 Å². The molecular weight excluding hydrogens is 400 g/mol. The number of benzene rings is 2. The third kappa shape index (κ3) is 4.72. The fourth-order valence-electron chi connectivity index (χ4n) is 3.25. The van der Waals surface area contributed by atoms with Crippen molar-refractivity contribution in [3.8, 4) is 0 Å². The van der Waals surface area contributed by atoms with Gasteiger partial charge in [-0.05, 0) is 73.7 Å². The lowest BCUT2D eigenvalue weighted by atomic mass is 10.1. The highest BCUT2D eigenvalue weighted by Crippen LogP contribution is 2.26. The van der Waals surface area contributed by atoms with Gasteiger partial charge in [-0.25, -0.2) is 21.6 Å². The maximum atomic E-state index is 12.6. The summed E-state index contributed by atoms with van der Waals surface area (Å²) in [5.41, 5.74) is 2.56. The van der Waals surface area contributed by atoms with Crippen molar-refractivity contribution in [1.29, 1.82) is 0 Å². The highest BCUT2D eigenvalue weighted by molar-refractivity contribution is 7.92. The van der Waals surface area contributed by atoms with Crippen LogP contribution in [0.25, 0.3) is 0 Å². The number of hydrogen-bond donors (Lipinski definition) is 2. The van der Waals surface area contributed by atoms with Crippen molar-refractivity contribution < 1.29 is 21.6 Å². The molecule has 2 aromatic carbocycles. The van der Waals surface area contributed by atoms with Crippen LogP contribution in [0.2, 0.25) is 0 Å². The molecule has 1 aliphatic carbocycles. The van der Waals surface area contributed by atoms with Crippen LogP contribution in [0, 0.1) is 0 Å². The maximum Gasteiger partial charge on any atom is 0.261 e. The molecule has 7 nitrogen and oxygen atoms in total. The zero-order valence-electron chi connectivity index (χ0n) is 15.8. The summed E-state index contributed by atoms with van der Waals surface area (Å²) in [7, 11) is -5.96. The molecule has 0 saturated carbocycles. The second-order valence-corrected chi connectivity index (χ2v) is 10.3. The highest BCUT2D eigenvalue weighted by Gasteiger charge is 2.20. The Bertz CT molecular complexity index is 1050. The van der Waals surface area contributed by atoms with Crippen LogP contribution in [0.3, 0.4) is 0 Å². The predicted octanol–water partition coefficient (Wildman–Crippen LogP) is 2.29. The topological polar surface area (TPSA) is 102 Å². The quantitative estimate of drug-likeness (QED) is 0.677. The van der Waals surface area contributed by atoms with Crippen LogP contribution in [0.5, 0.6) is 0 Å². The molecule has 0 heterocycles. The molecule has 0 radical (unpaired) electrons. The van der Waals surface area contributed by atoms with Crippen molar-refractivity contribution in [3.05, 3.63) is 53.6 Å². The molecule has 1 unspecified atom stereocenters. The summed E-state index contributed by atoms with van der Waals surface area (Å²) in [6.07, 6.45) is 2.91. The summed E-state index contributed by atoms with van der Waals surface area (Å²) in [6.45, 7) is 1.94. The van der Waals surface area contributed by atoms with E-state index in [0.717, 1.165) is 24.8 Å². The number of fused-ring (bicyclic) bond motifs is 1. The van der Waals surface area contributed by atoms with Crippen molar-refractivity contribution in [2.24, 2.45) is 0 Å². The third-order valence-electron chi connectivity index (χ3n) is 4.57. The van der Waals surface area contributed by atoms with Gasteiger partial charge in [0.05, 0.1) is 16.4 Å². The van der Waals surface area contributed by atoms with Gasteiger partial charge >= 0.3 is 0 Å². The normalized spacial score (nSPS) is 15.2. The van der Waals surface area contributed by atoms with Crippen LogP contribution in [0.1, 0.15) is 24.5 Å². The Kier molecular flexibility index (Phi) is 6.09. The SMILES string of the molecule is COCC(C)NS(=O)(=O)c1ccc(NS(=O)(=O)c2ccc3c(c2)CCC3)cc1. The second-order valence-electron chi connectivity index (χ2n) is 6.89. The summed E-state index contributed by atoms with van der Waals surface area (Å²) in [6, 6.07) is 10.4. The Labute approximate surface area is 166 Å². The lowest BCUT2D eigenvalue weighted by Gasteiger charge is -2.14. The van der Waals surface area contributed by atoms with E-state index in [1.807, 2.05) is 6.07 Å². The molecule has 3 rings (SSSR count). The first-order valence-corrected chi connectivity index (χ1v) is 11.9. The van der Waals surface area contributed by atoms with E-state index >= 15 is 0 Å². The number of hydrogen-bond acceptors (Lipinski definition) is 5. The van der Waals surface area contributed by atoms with Crippen molar-refractivity contribution in [2.75, 3.05) is 18.4 Å². The lowest BCUT2D eigenvalue weighted by Crippen LogP contribution is -2.35. The Balaban J connectivity index is 1.75. The van der Waals surface area contributed by atoms with E-state index in [1.165, 1.54) is 36.9 Å². The molecule has 9 heteroatoms. The molecule has 0 aliphatic heterocycles. The van der Waals surface area contributed by atoms with E-state index < -0.39 is 20.0 Å². The summed E-state index contributed by atoms with van der Waals surface area (Å²) in [4.78, 5) is 0.260. The Hall–Kier alpha value is -1.94. The Morgan fingerprint density at radius 3 is 2.25 bits per heavy atom. The molecule has 0 fully saturated rings. The van der Waals surface area contributed by atoms with Gasteiger partial charge in [0.1, 0.15) is 0 Å². The lowest BCUT2D eigenvalue weighted by molar-refractivity contribution is 0.180. The molecule has 0 amide bonds. The fraction of sp³-hybridized carbons (Fsp3) is 0.368. The predicted molar refractivity (Wildman–Crippen MR) is 107 cm³/mol. The highest BCUT2D eigenvalue weighted by atomic mass is 32.2. The number of methoxy groups -OCH3 is 1. The molecule has 2 aromatic rings. The average Bonchev–Trinajstić information content (AvgIpc) is 3.09. The monoisotopic (exact) mass is 424 g/mol. The molecule has 28 heavy (non-hydrogen) atoms. The molecule has 1 aliphatic rings. The smallest absolute Gasteiger partial charge is 0.261 e. The van der Waals surface area contributed by atoms with Crippen LogP contribution >= 0.6 is 0 Å². The van der Waals surface area contributed by atoms with Gasteiger partial charge in [-0.1, -0.05) is 6.07 Å². The number of anilines is 1. The molecule has 0 spiro atoms. The number of rotatable bonds is 8. The third-order valence-corrected chi connectivity index (χ3v) is 7.55. The molecule has 2 N–H and O–H groups in total. The molecule has 152 valence electrons. The van der Waals surface area contributed by atoms with Gasteiger partial charge in [0.2, 0.25) is 10.0 Å². The molecule has 0 aromatic heterocycles. The van der Waals surface area contributed by atoms with Gasteiger partial charge in [-0.2, -0.15) is 0 Å². The van der Waals surface area contributed by atoms with Crippen LogP contribution in [-0.2, 0) is 37.6 Å². The number of nitrogens with one attached hydrogen (secondary N) is 2. The minimum atomic E-state index is -3.74. The van der Waals surface area contributed by atoms with Gasteiger partial charge in [-0.15, -0.1) is 0 Å². The van der Waals surface area contributed by atoms with E-state index in [-0.39, 0.29) is 22.4 Å². The average molecular weight is 425 g/mol. The van der Waals surface area contributed by atoms with Crippen LogP contribution in [0.15, 0.2) is 52.3 Å². The minimum absolute atomic E-state index is 0.0518.